The van der Waals surface area contributed by atoms with Crippen molar-refractivity contribution in [1.29, 1.82) is 0 Å². The highest BCUT2D eigenvalue weighted by atomic mass is 32.2. The van der Waals surface area contributed by atoms with Crippen molar-refractivity contribution in [3.05, 3.63) is 35.9 Å². The van der Waals surface area contributed by atoms with Gasteiger partial charge in [-0.15, -0.1) is 0 Å². The first-order chi connectivity index (χ1) is 8.12. The van der Waals surface area contributed by atoms with Gasteiger partial charge in [-0.3, -0.25) is 9.59 Å². The first-order valence-corrected chi connectivity index (χ1v) is 6.60. The minimum absolute atomic E-state index is 0.0603. The molecule has 1 aromatic carbocycles. The maximum absolute atomic E-state index is 11.7. The third kappa shape index (κ3) is 3.09. The Labute approximate surface area is 105 Å². The van der Waals surface area contributed by atoms with Crippen LogP contribution >= 0.6 is 11.8 Å². The van der Waals surface area contributed by atoms with Crippen LogP contribution in [0.5, 0.6) is 0 Å². The maximum Gasteiger partial charge on any atom is 0.224 e. The van der Waals surface area contributed by atoms with Crippen molar-refractivity contribution in [3.8, 4) is 0 Å². The van der Waals surface area contributed by atoms with Gasteiger partial charge in [0.25, 0.3) is 0 Å². The molecule has 1 aromatic rings. The fourth-order valence-corrected chi connectivity index (χ4v) is 2.63. The molecule has 3 nitrogen and oxygen atoms in total. The summed E-state index contributed by atoms with van der Waals surface area (Å²) in [6, 6.07) is 9.82. The minimum Gasteiger partial charge on any atom is -0.369 e. The van der Waals surface area contributed by atoms with Crippen LogP contribution in [0.3, 0.4) is 0 Å². The molecule has 90 valence electrons. The highest BCUT2D eigenvalue weighted by Gasteiger charge is 2.49. The fourth-order valence-electron chi connectivity index (χ4n) is 1.73. The number of rotatable bonds is 5. The number of primary amides is 1. The van der Waals surface area contributed by atoms with E-state index < -0.39 is 5.41 Å². The van der Waals surface area contributed by atoms with E-state index in [9.17, 15) is 9.59 Å². The maximum atomic E-state index is 11.7. The molecule has 17 heavy (non-hydrogen) atoms. The van der Waals surface area contributed by atoms with Crippen molar-refractivity contribution in [2.24, 2.45) is 11.1 Å². The monoisotopic (exact) mass is 249 g/mol. The molecule has 0 bridgehead atoms. The molecule has 2 N–H and O–H groups in total. The second-order valence-electron chi connectivity index (χ2n) is 4.47. The van der Waals surface area contributed by atoms with E-state index in [2.05, 4.69) is 0 Å². The van der Waals surface area contributed by atoms with Crippen LogP contribution in [-0.2, 0) is 15.3 Å². The van der Waals surface area contributed by atoms with Gasteiger partial charge in [-0.25, -0.2) is 0 Å². The first-order valence-electron chi connectivity index (χ1n) is 5.62. The van der Waals surface area contributed by atoms with Crippen molar-refractivity contribution in [2.75, 3.05) is 0 Å². The molecule has 0 atom stereocenters. The molecule has 1 aliphatic rings. The third-order valence-corrected chi connectivity index (χ3v) is 4.05. The number of hydrogen-bond acceptors (Lipinski definition) is 3. The number of hydrogen-bond donors (Lipinski definition) is 1. The van der Waals surface area contributed by atoms with Gasteiger partial charge in [0.15, 0.2) is 5.12 Å². The average molecular weight is 249 g/mol. The smallest absolute Gasteiger partial charge is 0.224 e. The summed E-state index contributed by atoms with van der Waals surface area (Å²) in [5.74, 6) is 0.334. The molecule has 2 rings (SSSR count). The van der Waals surface area contributed by atoms with Crippen LogP contribution in [0.4, 0.5) is 0 Å². The summed E-state index contributed by atoms with van der Waals surface area (Å²) in [7, 11) is 0. The topological polar surface area (TPSA) is 60.2 Å². The van der Waals surface area contributed by atoms with Crippen LogP contribution in [0, 0.1) is 5.41 Å². The molecule has 4 heteroatoms. The molecule has 1 saturated carbocycles. The first kappa shape index (κ1) is 12.2. The van der Waals surface area contributed by atoms with Gasteiger partial charge in [-0.1, -0.05) is 42.1 Å². The van der Waals surface area contributed by atoms with E-state index in [1.54, 1.807) is 0 Å². The largest absolute Gasteiger partial charge is 0.369 e. The average Bonchev–Trinajstić information content (AvgIpc) is 3.09. The quantitative estimate of drug-likeness (QED) is 0.869. The number of nitrogens with two attached hydrogens (primary N) is 1. The molecule has 0 heterocycles. The standard InChI is InChI=1S/C13H15NO2S/c14-12(16)13(6-7-13)8-11(15)17-9-10-4-2-1-3-5-10/h1-5H,6-9H2,(H2,14,16). The summed E-state index contributed by atoms with van der Waals surface area (Å²) in [6.07, 6.45) is 1.82. The summed E-state index contributed by atoms with van der Waals surface area (Å²) >= 11 is 1.27. The molecule has 1 aliphatic carbocycles. The zero-order valence-corrected chi connectivity index (χ0v) is 10.3. The van der Waals surface area contributed by atoms with Gasteiger partial charge in [0, 0.05) is 12.2 Å². The number of thioether (sulfide) groups is 1. The molecular formula is C13H15NO2S. The summed E-state index contributed by atoms with van der Waals surface area (Å²) in [5, 5.41) is 0.0603. The van der Waals surface area contributed by atoms with E-state index in [0.717, 1.165) is 18.4 Å². The Morgan fingerprint density at radius 3 is 2.41 bits per heavy atom. The van der Waals surface area contributed by atoms with Gasteiger partial charge in [-0.05, 0) is 18.4 Å². The van der Waals surface area contributed by atoms with E-state index in [1.807, 2.05) is 30.3 Å². The van der Waals surface area contributed by atoms with Crippen LogP contribution in [0.25, 0.3) is 0 Å². The number of benzene rings is 1. The van der Waals surface area contributed by atoms with Crippen molar-refractivity contribution >= 4 is 22.8 Å². The molecule has 0 saturated heterocycles. The van der Waals surface area contributed by atoms with Crippen LogP contribution in [0.2, 0.25) is 0 Å². The lowest BCUT2D eigenvalue weighted by Gasteiger charge is -2.08. The number of carbonyl (C=O) groups excluding carboxylic acids is 2. The SMILES string of the molecule is NC(=O)C1(CC(=O)SCc2ccccc2)CC1. The van der Waals surface area contributed by atoms with Gasteiger partial charge in [0.05, 0.1) is 5.41 Å². The highest BCUT2D eigenvalue weighted by Crippen LogP contribution is 2.49. The molecule has 0 spiro atoms. The predicted molar refractivity (Wildman–Crippen MR) is 68.2 cm³/mol. The Hall–Kier alpha value is -1.29. The second kappa shape index (κ2) is 4.92. The molecular weight excluding hydrogens is 234 g/mol. The van der Waals surface area contributed by atoms with Crippen molar-refractivity contribution < 1.29 is 9.59 Å². The minimum atomic E-state index is -0.513. The van der Waals surface area contributed by atoms with Crippen LogP contribution in [0.15, 0.2) is 30.3 Å². The molecule has 0 aromatic heterocycles. The molecule has 0 radical (unpaired) electrons. The Bertz CT molecular complexity index is 426. The molecule has 0 unspecified atom stereocenters. The lowest BCUT2D eigenvalue weighted by Crippen LogP contribution is -2.26. The number of carbonyl (C=O) groups is 2. The fraction of sp³-hybridized carbons (Fsp3) is 0.385. The Morgan fingerprint density at radius 1 is 1.24 bits per heavy atom. The van der Waals surface area contributed by atoms with Gasteiger partial charge in [0.1, 0.15) is 0 Å². The third-order valence-electron chi connectivity index (χ3n) is 3.10. The van der Waals surface area contributed by atoms with Crippen molar-refractivity contribution in [1.82, 2.24) is 0 Å². The normalized spacial score (nSPS) is 16.5. The second-order valence-corrected chi connectivity index (χ2v) is 5.50. The predicted octanol–water partition coefficient (Wildman–Crippen LogP) is 2.10. The van der Waals surface area contributed by atoms with E-state index in [4.69, 9.17) is 5.73 Å². The van der Waals surface area contributed by atoms with Crippen LogP contribution in [-0.4, -0.2) is 11.0 Å². The Balaban J connectivity index is 1.81. The van der Waals surface area contributed by atoms with Crippen molar-refractivity contribution in [3.63, 3.8) is 0 Å². The van der Waals surface area contributed by atoms with Crippen LogP contribution < -0.4 is 5.73 Å². The van der Waals surface area contributed by atoms with E-state index in [-0.39, 0.29) is 11.0 Å². The summed E-state index contributed by atoms with van der Waals surface area (Å²) in [6.45, 7) is 0. The van der Waals surface area contributed by atoms with Gasteiger partial charge >= 0.3 is 0 Å². The number of amides is 1. The van der Waals surface area contributed by atoms with Crippen LogP contribution in [0.1, 0.15) is 24.8 Å². The van der Waals surface area contributed by atoms with E-state index >= 15 is 0 Å². The molecule has 1 fully saturated rings. The van der Waals surface area contributed by atoms with E-state index in [1.165, 1.54) is 11.8 Å². The highest BCUT2D eigenvalue weighted by molar-refractivity contribution is 8.12. The zero-order valence-electron chi connectivity index (χ0n) is 9.52. The lowest BCUT2D eigenvalue weighted by atomic mass is 10.0. The zero-order chi connectivity index (χ0) is 12.3. The Morgan fingerprint density at radius 2 is 1.88 bits per heavy atom. The Kier molecular flexibility index (Phi) is 3.52. The van der Waals surface area contributed by atoms with Gasteiger partial charge < -0.3 is 5.73 Å². The lowest BCUT2D eigenvalue weighted by molar-refractivity contribution is -0.126. The van der Waals surface area contributed by atoms with Crippen molar-refractivity contribution in [2.45, 2.75) is 25.0 Å². The van der Waals surface area contributed by atoms with Gasteiger partial charge in [0.2, 0.25) is 5.91 Å². The summed E-state index contributed by atoms with van der Waals surface area (Å²) in [4.78, 5) is 22.9. The van der Waals surface area contributed by atoms with E-state index in [0.29, 0.717) is 12.2 Å². The molecule has 1 amide bonds. The van der Waals surface area contributed by atoms with Gasteiger partial charge in [-0.2, -0.15) is 0 Å². The summed E-state index contributed by atoms with van der Waals surface area (Å²) in [5.41, 5.74) is 5.89. The summed E-state index contributed by atoms with van der Waals surface area (Å²) < 4.78 is 0. The molecule has 0 aliphatic heterocycles.